The second kappa shape index (κ2) is 22.3. The van der Waals surface area contributed by atoms with E-state index >= 15 is 0 Å². The van der Waals surface area contributed by atoms with E-state index in [2.05, 4.69) is 281 Å². The van der Waals surface area contributed by atoms with E-state index in [-0.39, 0.29) is 20.5 Å². The summed E-state index contributed by atoms with van der Waals surface area (Å²) in [6.07, 6.45) is 14.7. The Morgan fingerprint density at radius 3 is 1.49 bits per heavy atom. The van der Waals surface area contributed by atoms with Crippen molar-refractivity contribution < 1.29 is 27.0 Å². The van der Waals surface area contributed by atoms with E-state index in [0.717, 1.165) is 76.9 Å². The molecule has 0 aliphatic carbocycles. The maximum Gasteiger partial charge on any atom is 0.405 e. The SMILES string of the molecule is CB1C=c2c(oc3nc(C)ccc23)=CN1c1cc(-c2ccccc2)c(C)c[n+]1C.CB1C=c2c(oc3nc(C)ccc23)=CN1c1cc(-c2ccccc2)cc[n+]1C.CB1C=c2oc3ncccc3c2=CN1c1cc(C)c(-c2ccccc2)c[n+]1C. The van der Waals surface area contributed by atoms with Crippen molar-refractivity contribution in [3.05, 3.63) is 231 Å². The number of anilines is 3. The Labute approximate surface area is 495 Å². The first-order valence-electron chi connectivity index (χ1n) is 29.0. The Kier molecular flexibility index (Phi) is 14.2. The second-order valence-corrected chi connectivity index (χ2v) is 22.6. The third-order valence-corrected chi connectivity index (χ3v) is 16.5. The van der Waals surface area contributed by atoms with Crippen molar-refractivity contribution in [2.75, 3.05) is 14.4 Å². The van der Waals surface area contributed by atoms with Gasteiger partial charge in [-0.1, -0.05) is 103 Å². The van der Waals surface area contributed by atoms with Crippen LogP contribution in [-0.4, -0.2) is 35.5 Å². The molecule has 0 fully saturated rings. The van der Waals surface area contributed by atoms with Crippen LogP contribution in [-0.2, 0) is 21.1 Å². The van der Waals surface area contributed by atoms with Crippen LogP contribution in [0.25, 0.3) is 103 Å². The van der Waals surface area contributed by atoms with E-state index in [1.54, 1.807) is 6.20 Å². The highest BCUT2D eigenvalue weighted by atomic mass is 16.3. The highest BCUT2D eigenvalue weighted by Crippen LogP contribution is 2.29. The molecule has 12 aromatic rings. The molecule has 0 atom stereocenters. The summed E-state index contributed by atoms with van der Waals surface area (Å²) in [7, 11) is 6.27. The Bertz CT molecular complexity index is 4970. The van der Waals surface area contributed by atoms with Crippen molar-refractivity contribution in [2.24, 2.45) is 21.1 Å². The molecule has 9 aromatic heterocycles. The lowest BCUT2D eigenvalue weighted by Crippen LogP contribution is -2.47. The van der Waals surface area contributed by atoms with Gasteiger partial charge in [0.05, 0.1) is 56.5 Å². The van der Waals surface area contributed by atoms with Gasteiger partial charge >= 0.3 is 20.5 Å². The molecule has 0 saturated carbocycles. The normalized spacial score (nSPS) is 13.2. The number of furan rings is 3. The van der Waals surface area contributed by atoms with Crippen molar-refractivity contribution in [3.8, 4) is 33.4 Å². The van der Waals surface area contributed by atoms with Gasteiger partial charge < -0.3 is 13.3 Å². The van der Waals surface area contributed by atoms with Gasteiger partial charge in [0.25, 0.3) is 17.5 Å². The van der Waals surface area contributed by atoms with Crippen LogP contribution in [0.5, 0.6) is 0 Å². The van der Waals surface area contributed by atoms with Gasteiger partial charge in [0.15, 0.2) is 10.8 Å². The molecule has 12 nitrogen and oxygen atoms in total. The Morgan fingerprint density at radius 1 is 0.400 bits per heavy atom. The second-order valence-electron chi connectivity index (χ2n) is 22.6. The molecule has 85 heavy (non-hydrogen) atoms. The first-order chi connectivity index (χ1) is 41.2. The predicted molar refractivity (Wildman–Crippen MR) is 347 cm³/mol. The third kappa shape index (κ3) is 10.4. The largest absolute Gasteiger partial charge is 0.439 e. The molecule has 0 bridgehead atoms. The van der Waals surface area contributed by atoms with Gasteiger partial charge in [-0.3, -0.25) is 14.4 Å². The Hall–Kier alpha value is -10.0. The van der Waals surface area contributed by atoms with Crippen LogP contribution < -0.4 is 60.0 Å². The van der Waals surface area contributed by atoms with Gasteiger partial charge in [-0.25, -0.2) is 28.7 Å². The lowest BCUT2D eigenvalue weighted by molar-refractivity contribution is -0.658. The summed E-state index contributed by atoms with van der Waals surface area (Å²) < 4.78 is 24.6. The van der Waals surface area contributed by atoms with Crippen LogP contribution in [0, 0.1) is 27.7 Å². The molecule has 12 heterocycles. The van der Waals surface area contributed by atoms with Crippen molar-refractivity contribution in [1.82, 2.24) is 15.0 Å². The summed E-state index contributed by atoms with van der Waals surface area (Å²) in [5, 5.41) is 6.55. The number of aryl methyl sites for hydroxylation is 7. The Morgan fingerprint density at radius 2 is 0.894 bits per heavy atom. The first-order valence-corrected chi connectivity index (χ1v) is 29.0. The molecule has 3 aliphatic rings. The fourth-order valence-electron chi connectivity index (χ4n) is 12.0. The molecular formula is C70H65B3N9O3+3. The minimum absolute atomic E-state index is 0.182. The molecule has 0 radical (unpaired) electrons. The summed E-state index contributed by atoms with van der Waals surface area (Å²) in [5.41, 5.74) is 16.5. The van der Waals surface area contributed by atoms with Crippen LogP contribution >= 0.6 is 0 Å². The molecule has 414 valence electrons. The van der Waals surface area contributed by atoms with E-state index in [9.17, 15) is 0 Å². The number of aromatic nitrogens is 6. The average molecular weight is 1110 g/mol. The summed E-state index contributed by atoms with van der Waals surface area (Å²) in [5.74, 6) is 10.1. The molecule has 3 aliphatic heterocycles. The zero-order valence-electron chi connectivity index (χ0n) is 49.7. The third-order valence-electron chi connectivity index (χ3n) is 16.5. The van der Waals surface area contributed by atoms with Gasteiger partial charge in [0, 0.05) is 62.6 Å². The fourth-order valence-corrected chi connectivity index (χ4v) is 12.0. The van der Waals surface area contributed by atoms with Crippen LogP contribution in [0.1, 0.15) is 22.5 Å². The summed E-state index contributed by atoms with van der Waals surface area (Å²) in [4.78, 5) is 20.3. The van der Waals surface area contributed by atoms with Crippen molar-refractivity contribution >= 4 is 108 Å². The van der Waals surface area contributed by atoms with Crippen LogP contribution in [0.2, 0.25) is 20.5 Å². The number of hydrogen-bond acceptors (Lipinski definition) is 9. The summed E-state index contributed by atoms with van der Waals surface area (Å²) in [6, 6.07) is 52.7. The van der Waals surface area contributed by atoms with Gasteiger partial charge in [-0.2, -0.15) is 0 Å². The molecule has 3 aromatic carbocycles. The minimum Gasteiger partial charge on any atom is -0.439 e. The van der Waals surface area contributed by atoms with E-state index in [4.69, 9.17) is 13.3 Å². The maximum absolute atomic E-state index is 6.10. The predicted octanol–water partition coefficient (Wildman–Crippen LogP) is 8.79. The maximum atomic E-state index is 6.10. The molecule has 0 amide bonds. The zero-order chi connectivity index (χ0) is 58.6. The number of nitrogens with zero attached hydrogens (tertiary/aromatic N) is 9. The Balaban J connectivity index is 0.000000119. The van der Waals surface area contributed by atoms with E-state index < -0.39 is 0 Å². The van der Waals surface area contributed by atoms with E-state index in [1.165, 1.54) is 44.5 Å². The molecule has 0 unspecified atom stereocenters. The van der Waals surface area contributed by atoms with Crippen molar-refractivity contribution in [2.45, 2.75) is 48.2 Å². The van der Waals surface area contributed by atoms with Gasteiger partial charge in [-0.15, -0.1) is 0 Å². The standard InChI is InChI=1S/C24H23BN3O.2C23H21BN3O/c1-16-14-27(4)23(12-20(16)18-8-6-5-7-9-18)28-15-22-21(13-25(28)3)19-11-10-17(2)26-24(19)29-22;1-16-12-22(26(3)14-19(16)17-8-5-4-6-9-17)27-15-20-18-10-7-11-25-23(18)28-21(20)13-24(27)2;1-16-9-10-19-20-14-24(2)27(15-21(20)28-23(19)25-16)22-13-18(11-12-26(22)3)17-7-5-4-6-8-17/h5-15H,1-4H3;2*4-15H,1-3H3/q3*+1. The molecular weight excluding hydrogens is 1050 g/mol. The fraction of sp³-hybridized carbons (Fsp3) is 0.143. The molecule has 15 rings (SSSR count). The quantitative estimate of drug-likeness (QED) is 0.120. The minimum atomic E-state index is 0.182. The van der Waals surface area contributed by atoms with Crippen LogP contribution in [0.3, 0.4) is 0 Å². The van der Waals surface area contributed by atoms with Crippen LogP contribution in [0.4, 0.5) is 17.5 Å². The van der Waals surface area contributed by atoms with Gasteiger partial charge in [0.2, 0.25) is 17.1 Å². The van der Waals surface area contributed by atoms with Crippen LogP contribution in [0.15, 0.2) is 190 Å². The molecule has 0 saturated heterocycles. The molecule has 15 heteroatoms. The molecule has 0 N–H and O–H groups in total. The highest BCUT2D eigenvalue weighted by Gasteiger charge is 2.33. The lowest BCUT2D eigenvalue weighted by Gasteiger charge is -2.20. The van der Waals surface area contributed by atoms with Crippen molar-refractivity contribution in [3.63, 3.8) is 0 Å². The summed E-state index contributed by atoms with van der Waals surface area (Å²) in [6.45, 7) is 15.5. The highest BCUT2D eigenvalue weighted by molar-refractivity contribution is 6.78. The zero-order valence-corrected chi connectivity index (χ0v) is 49.7. The van der Waals surface area contributed by atoms with Gasteiger partial charge in [0.1, 0.15) is 17.8 Å². The lowest BCUT2D eigenvalue weighted by atomic mass is 9.61. The topological polar surface area (TPSA) is 99.5 Å². The van der Waals surface area contributed by atoms with Gasteiger partial charge in [-0.05, 0) is 136 Å². The number of rotatable bonds is 6. The average Bonchev–Trinajstić information content (AvgIpc) is 2.50. The first kappa shape index (κ1) is 54.3. The number of hydrogen-bond donors (Lipinski definition) is 0. The number of benzene rings is 3. The number of fused-ring (bicyclic) bond motifs is 9. The summed E-state index contributed by atoms with van der Waals surface area (Å²) >= 11 is 0. The molecule has 0 spiro atoms. The van der Waals surface area contributed by atoms with Crippen molar-refractivity contribution in [1.29, 1.82) is 0 Å². The monoisotopic (exact) mass is 1110 g/mol. The number of pyridine rings is 6. The smallest absolute Gasteiger partial charge is 0.405 e. The van der Waals surface area contributed by atoms with E-state index in [0.29, 0.717) is 17.1 Å². The van der Waals surface area contributed by atoms with E-state index in [1.807, 2.05) is 38.1 Å².